The highest BCUT2D eigenvalue weighted by Gasteiger charge is 2.09. The van der Waals surface area contributed by atoms with Gasteiger partial charge in [-0.25, -0.2) is 4.39 Å². The zero-order valence-electron chi connectivity index (χ0n) is 12.0. The Hall–Kier alpha value is -1.38. The molecule has 0 radical (unpaired) electrons. The second-order valence-electron chi connectivity index (χ2n) is 5.30. The van der Waals surface area contributed by atoms with Crippen molar-refractivity contribution in [3.8, 4) is 11.1 Å². The van der Waals surface area contributed by atoms with E-state index in [1.54, 1.807) is 6.07 Å². The first-order valence-electron chi connectivity index (χ1n) is 6.75. The molecule has 0 atom stereocenters. The van der Waals surface area contributed by atoms with Crippen LogP contribution in [0.25, 0.3) is 11.1 Å². The van der Waals surface area contributed by atoms with E-state index < -0.39 is 0 Å². The maximum Gasteiger partial charge on any atom is 0.123 e. The van der Waals surface area contributed by atoms with Crippen molar-refractivity contribution in [2.24, 2.45) is 0 Å². The molecule has 0 bridgehead atoms. The molecule has 2 aromatic carbocycles. The van der Waals surface area contributed by atoms with E-state index in [0.717, 1.165) is 28.8 Å². The Morgan fingerprint density at radius 1 is 1.10 bits per heavy atom. The molecule has 106 valence electrons. The summed E-state index contributed by atoms with van der Waals surface area (Å²) in [6.07, 6.45) is 0. The van der Waals surface area contributed by atoms with Crippen molar-refractivity contribution in [2.75, 3.05) is 0 Å². The third-order valence-electron chi connectivity index (χ3n) is 3.25. The summed E-state index contributed by atoms with van der Waals surface area (Å²) in [5, 5.41) is 4.11. The minimum Gasteiger partial charge on any atom is -0.310 e. The van der Waals surface area contributed by atoms with Gasteiger partial charge < -0.3 is 5.32 Å². The maximum atomic E-state index is 13.2. The molecular weight excluding hydrogens is 273 g/mol. The zero-order valence-corrected chi connectivity index (χ0v) is 12.8. The summed E-state index contributed by atoms with van der Waals surface area (Å²) >= 11 is 6.10. The van der Waals surface area contributed by atoms with Crippen LogP contribution in [-0.4, -0.2) is 6.04 Å². The third-order valence-corrected chi connectivity index (χ3v) is 3.48. The average molecular weight is 292 g/mol. The molecule has 20 heavy (non-hydrogen) atoms. The molecule has 0 spiro atoms. The average Bonchev–Trinajstić information content (AvgIpc) is 2.37. The smallest absolute Gasteiger partial charge is 0.123 e. The Labute approximate surface area is 124 Å². The standard InChI is InChI=1S/C17H19ClFN/c1-11(2)20-10-13-9-14(18)4-6-17(13)16-7-5-15(19)8-12(16)3/h4-9,11,20H,10H2,1-3H3. The molecule has 0 saturated carbocycles. The first-order valence-corrected chi connectivity index (χ1v) is 7.13. The third kappa shape index (κ3) is 3.59. The van der Waals surface area contributed by atoms with E-state index in [2.05, 4.69) is 19.2 Å². The van der Waals surface area contributed by atoms with E-state index in [1.807, 2.05) is 31.2 Å². The van der Waals surface area contributed by atoms with Crippen LogP contribution in [0.1, 0.15) is 25.0 Å². The lowest BCUT2D eigenvalue weighted by atomic mass is 9.96. The number of nitrogens with one attached hydrogen (secondary N) is 1. The molecule has 0 aliphatic heterocycles. The Bertz CT molecular complexity index is 608. The Morgan fingerprint density at radius 3 is 2.45 bits per heavy atom. The Kier molecular flexibility index (Phi) is 4.79. The number of rotatable bonds is 4. The van der Waals surface area contributed by atoms with Gasteiger partial charge in [0.1, 0.15) is 5.82 Å². The number of hydrogen-bond donors (Lipinski definition) is 1. The Morgan fingerprint density at radius 2 is 1.80 bits per heavy atom. The van der Waals surface area contributed by atoms with Gasteiger partial charge in [0.2, 0.25) is 0 Å². The van der Waals surface area contributed by atoms with Gasteiger partial charge in [0.25, 0.3) is 0 Å². The predicted molar refractivity (Wildman–Crippen MR) is 83.6 cm³/mol. The highest BCUT2D eigenvalue weighted by molar-refractivity contribution is 6.30. The van der Waals surface area contributed by atoms with E-state index >= 15 is 0 Å². The van der Waals surface area contributed by atoms with E-state index in [9.17, 15) is 4.39 Å². The number of benzene rings is 2. The van der Waals surface area contributed by atoms with Crippen molar-refractivity contribution >= 4 is 11.6 Å². The van der Waals surface area contributed by atoms with Gasteiger partial charge in [-0.15, -0.1) is 0 Å². The second-order valence-corrected chi connectivity index (χ2v) is 5.73. The summed E-state index contributed by atoms with van der Waals surface area (Å²) in [6.45, 7) is 6.87. The van der Waals surface area contributed by atoms with Crippen LogP contribution < -0.4 is 5.32 Å². The molecule has 0 heterocycles. The summed E-state index contributed by atoms with van der Waals surface area (Å²) in [5.41, 5.74) is 4.20. The van der Waals surface area contributed by atoms with Crippen molar-refractivity contribution in [1.29, 1.82) is 0 Å². The van der Waals surface area contributed by atoms with E-state index in [1.165, 1.54) is 6.07 Å². The van der Waals surface area contributed by atoms with Gasteiger partial charge in [-0.1, -0.05) is 37.6 Å². The maximum absolute atomic E-state index is 13.2. The molecular formula is C17H19ClFN. The molecule has 2 rings (SSSR count). The fraction of sp³-hybridized carbons (Fsp3) is 0.294. The van der Waals surface area contributed by atoms with Crippen LogP contribution >= 0.6 is 11.6 Å². The molecule has 0 aliphatic carbocycles. The highest BCUT2D eigenvalue weighted by Crippen LogP contribution is 2.29. The summed E-state index contributed by atoms with van der Waals surface area (Å²) in [4.78, 5) is 0. The van der Waals surface area contributed by atoms with Gasteiger partial charge in [-0.3, -0.25) is 0 Å². The van der Waals surface area contributed by atoms with Gasteiger partial charge in [0, 0.05) is 17.6 Å². The molecule has 0 aliphatic rings. The van der Waals surface area contributed by atoms with Crippen LogP contribution in [-0.2, 0) is 6.54 Å². The van der Waals surface area contributed by atoms with Crippen molar-refractivity contribution in [2.45, 2.75) is 33.4 Å². The summed E-state index contributed by atoms with van der Waals surface area (Å²) in [7, 11) is 0. The summed E-state index contributed by atoms with van der Waals surface area (Å²) < 4.78 is 13.2. The Balaban J connectivity index is 2.44. The molecule has 2 aromatic rings. The molecule has 0 amide bonds. The zero-order chi connectivity index (χ0) is 14.7. The van der Waals surface area contributed by atoms with E-state index in [0.29, 0.717) is 11.1 Å². The predicted octanol–water partition coefficient (Wildman–Crippen LogP) is 4.95. The molecule has 0 fully saturated rings. The van der Waals surface area contributed by atoms with Crippen molar-refractivity contribution in [1.82, 2.24) is 5.32 Å². The van der Waals surface area contributed by atoms with Crippen LogP contribution in [0.4, 0.5) is 4.39 Å². The quantitative estimate of drug-likeness (QED) is 0.840. The molecule has 1 nitrogen and oxygen atoms in total. The second kappa shape index (κ2) is 6.38. The number of hydrogen-bond acceptors (Lipinski definition) is 1. The minimum absolute atomic E-state index is 0.206. The normalized spacial score (nSPS) is 11.1. The lowest BCUT2D eigenvalue weighted by Crippen LogP contribution is -2.22. The van der Waals surface area contributed by atoms with Crippen LogP contribution in [0.3, 0.4) is 0 Å². The lowest BCUT2D eigenvalue weighted by Gasteiger charge is -2.15. The fourth-order valence-corrected chi connectivity index (χ4v) is 2.41. The topological polar surface area (TPSA) is 12.0 Å². The van der Waals surface area contributed by atoms with Crippen LogP contribution in [0.5, 0.6) is 0 Å². The van der Waals surface area contributed by atoms with Crippen LogP contribution in [0.2, 0.25) is 5.02 Å². The molecule has 1 N–H and O–H groups in total. The summed E-state index contributed by atoms with van der Waals surface area (Å²) in [6, 6.07) is 11.1. The SMILES string of the molecule is Cc1cc(F)ccc1-c1ccc(Cl)cc1CNC(C)C. The number of aryl methyl sites for hydroxylation is 1. The summed E-state index contributed by atoms with van der Waals surface area (Å²) in [5.74, 6) is -0.206. The molecule has 0 aromatic heterocycles. The fourth-order valence-electron chi connectivity index (χ4n) is 2.21. The van der Waals surface area contributed by atoms with E-state index in [-0.39, 0.29) is 5.82 Å². The van der Waals surface area contributed by atoms with Crippen molar-refractivity contribution in [3.05, 3.63) is 58.4 Å². The first-order chi connectivity index (χ1) is 9.47. The van der Waals surface area contributed by atoms with Gasteiger partial charge in [-0.2, -0.15) is 0 Å². The highest BCUT2D eigenvalue weighted by atomic mass is 35.5. The monoisotopic (exact) mass is 291 g/mol. The largest absolute Gasteiger partial charge is 0.310 e. The van der Waals surface area contributed by atoms with Gasteiger partial charge >= 0.3 is 0 Å². The minimum atomic E-state index is -0.206. The van der Waals surface area contributed by atoms with Crippen LogP contribution in [0, 0.1) is 12.7 Å². The van der Waals surface area contributed by atoms with Gasteiger partial charge in [0.15, 0.2) is 0 Å². The van der Waals surface area contributed by atoms with Gasteiger partial charge in [-0.05, 0) is 53.4 Å². The molecule has 0 unspecified atom stereocenters. The molecule has 3 heteroatoms. The van der Waals surface area contributed by atoms with E-state index in [4.69, 9.17) is 11.6 Å². The first kappa shape index (κ1) is 15.0. The lowest BCUT2D eigenvalue weighted by molar-refractivity contribution is 0.589. The number of halogens is 2. The van der Waals surface area contributed by atoms with Gasteiger partial charge in [0.05, 0.1) is 0 Å². The van der Waals surface area contributed by atoms with Crippen LogP contribution in [0.15, 0.2) is 36.4 Å². The van der Waals surface area contributed by atoms with Crippen molar-refractivity contribution < 1.29 is 4.39 Å². The molecule has 0 saturated heterocycles. The van der Waals surface area contributed by atoms with Crippen molar-refractivity contribution in [3.63, 3.8) is 0 Å².